The third kappa shape index (κ3) is 5.26. The van der Waals surface area contributed by atoms with E-state index in [1.165, 1.54) is 30.5 Å². The molecule has 1 aromatic heterocycles. The molecule has 1 N–H and O–H groups in total. The number of aliphatic imine (C=N–C) groups is 1. The molecule has 0 bridgehead atoms. The summed E-state index contributed by atoms with van der Waals surface area (Å²) >= 11 is 0. The van der Waals surface area contributed by atoms with Crippen molar-refractivity contribution < 1.29 is 14.3 Å². The first-order valence-corrected chi connectivity index (χ1v) is 9.56. The number of benzene rings is 1. The van der Waals surface area contributed by atoms with Gasteiger partial charge in [0.05, 0.1) is 11.3 Å². The summed E-state index contributed by atoms with van der Waals surface area (Å²) in [4.78, 5) is 23.8. The number of nitrogens with zero attached hydrogens (tertiary/aromatic N) is 4. The minimum absolute atomic E-state index is 0.159. The molecule has 0 amide bonds. The number of likely N-dealkylation sites (N-methyl/N-ethyl adjacent to an activating group) is 1. The van der Waals surface area contributed by atoms with Crippen molar-refractivity contribution in [2.75, 3.05) is 26.7 Å². The Morgan fingerprint density at radius 1 is 1.41 bits per heavy atom. The Kier molecular flexibility index (Phi) is 6.72. The number of aromatic nitrogens is 1. The third-order valence-electron chi connectivity index (χ3n) is 5.14. The van der Waals surface area contributed by atoms with E-state index in [-0.39, 0.29) is 11.4 Å². The Labute approximate surface area is 170 Å². The number of hydrogen-bond donors (Lipinski definition) is 1. The number of pyridine rings is 1. The van der Waals surface area contributed by atoms with E-state index in [2.05, 4.69) is 21.6 Å². The Bertz CT molecular complexity index is 898. The maximum Gasteiger partial charge on any atom is 0.335 e. The van der Waals surface area contributed by atoms with Crippen LogP contribution in [0.25, 0.3) is 5.70 Å². The highest BCUT2D eigenvalue weighted by Crippen LogP contribution is 2.31. The summed E-state index contributed by atoms with van der Waals surface area (Å²) in [6, 6.07) is 9.99. The highest BCUT2D eigenvalue weighted by atomic mass is 19.1. The summed E-state index contributed by atoms with van der Waals surface area (Å²) in [6.07, 6.45) is 5.46. The van der Waals surface area contributed by atoms with E-state index in [4.69, 9.17) is 5.11 Å². The van der Waals surface area contributed by atoms with Crippen LogP contribution in [-0.2, 0) is 0 Å². The van der Waals surface area contributed by atoms with E-state index in [9.17, 15) is 9.18 Å². The number of hydrogen-bond acceptors (Lipinski definition) is 5. The molecular weight excluding hydrogens is 371 g/mol. The van der Waals surface area contributed by atoms with Gasteiger partial charge >= 0.3 is 5.97 Å². The number of likely N-dealkylation sites (tertiary alicyclic amines) is 1. The molecule has 0 aliphatic carbocycles. The third-order valence-corrected chi connectivity index (χ3v) is 5.14. The lowest BCUT2D eigenvalue weighted by molar-refractivity contribution is 0.0696. The largest absolute Gasteiger partial charge is 0.478 e. The number of aromatic carboxylic acids is 1. The van der Waals surface area contributed by atoms with Crippen molar-refractivity contribution in [3.05, 3.63) is 71.4 Å². The van der Waals surface area contributed by atoms with Gasteiger partial charge in [0, 0.05) is 38.6 Å². The minimum atomic E-state index is -1.01. The van der Waals surface area contributed by atoms with E-state index < -0.39 is 5.97 Å². The molecule has 152 valence electrons. The second-order valence-corrected chi connectivity index (χ2v) is 7.13. The van der Waals surface area contributed by atoms with Gasteiger partial charge in [-0.15, -0.1) is 0 Å². The fraction of sp³-hybridized carbons (Fsp3) is 0.318. The second-order valence-electron chi connectivity index (χ2n) is 7.13. The van der Waals surface area contributed by atoms with Crippen LogP contribution in [-0.4, -0.2) is 59.3 Å². The van der Waals surface area contributed by atoms with Gasteiger partial charge in [0.15, 0.2) is 0 Å². The summed E-state index contributed by atoms with van der Waals surface area (Å²) in [7, 11) is 1.94. The predicted molar refractivity (Wildman–Crippen MR) is 111 cm³/mol. The minimum Gasteiger partial charge on any atom is -0.478 e. The summed E-state index contributed by atoms with van der Waals surface area (Å²) < 4.78 is 13.2. The van der Waals surface area contributed by atoms with E-state index >= 15 is 0 Å². The Balaban J connectivity index is 1.65. The smallest absolute Gasteiger partial charge is 0.335 e. The van der Waals surface area contributed by atoms with Crippen molar-refractivity contribution in [3.63, 3.8) is 0 Å². The van der Waals surface area contributed by atoms with Gasteiger partial charge in [-0.3, -0.25) is 14.9 Å². The highest BCUT2D eigenvalue weighted by Gasteiger charge is 2.25. The zero-order chi connectivity index (χ0) is 20.8. The molecule has 2 aromatic rings. The number of halogens is 1. The Morgan fingerprint density at radius 2 is 2.17 bits per heavy atom. The SMILES string of the molecule is C=N/C(=C\N(C)CCN1CCC[C@H]1c1ccc(F)cc1)c1cc(C(=O)O)ccn1. The van der Waals surface area contributed by atoms with Gasteiger partial charge in [0.1, 0.15) is 11.5 Å². The van der Waals surface area contributed by atoms with Crippen LogP contribution in [0, 0.1) is 5.82 Å². The van der Waals surface area contributed by atoms with Gasteiger partial charge in [-0.25, -0.2) is 9.18 Å². The first-order chi connectivity index (χ1) is 14.0. The first kappa shape index (κ1) is 20.7. The lowest BCUT2D eigenvalue weighted by Crippen LogP contribution is -2.31. The van der Waals surface area contributed by atoms with Gasteiger partial charge in [-0.2, -0.15) is 0 Å². The predicted octanol–water partition coefficient (Wildman–Crippen LogP) is 3.69. The molecule has 3 rings (SSSR count). The average molecular weight is 396 g/mol. The van der Waals surface area contributed by atoms with Crippen molar-refractivity contribution in [2.45, 2.75) is 18.9 Å². The summed E-state index contributed by atoms with van der Waals surface area (Å²) in [6.45, 7) is 6.20. The zero-order valence-electron chi connectivity index (χ0n) is 16.5. The van der Waals surface area contributed by atoms with E-state index in [1.54, 1.807) is 0 Å². The van der Waals surface area contributed by atoms with Gasteiger partial charge in [-0.1, -0.05) is 12.1 Å². The van der Waals surface area contributed by atoms with Crippen LogP contribution in [0.5, 0.6) is 0 Å². The molecule has 2 heterocycles. The number of carboxylic acid groups (broad SMARTS) is 1. The number of carboxylic acids is 1. The van der Waals surface area contributed by atoms with Crippen molar-refractivity contribution in [1.82, 2.24) is 14.8 Å². The molecule has 6 nitrogen and oxygen atoms in total. The number of carbonyl (C=O) groups is 1. The molecule has 1 aliphatic heterocycles. The van der Waals surface area contributed by atoms with Gasteiger partial charge < -0.3 is 10.0 Å². The van der Waals surface area contributed by atoms with Crippen molar-refractivity contribution in [2.24, 2.45) is 4.99 Å². The lowest BCUT2D eigenvalue weighted by atomic mass is 10.0. The molecule has 1 atom stereocenters. The molecular formula is C22H25FN4O2. The van der Waals surface area contributed by atoms with Crippen LogP contribution in [0.4, 0.5) is 4.39 Å². The van der Waals surface area contributed by atoms with Crippen LogP contribution in [0.15, 0.2) is 53.8 Å². The molecule has 1 aromatic carbocycles. The summed E-state index contributed by atoms with van der Waals surface area (Å²) in [5, 5.41) is 9.15. The molecule has 0 spiro atoms. The van der Waals surface area contributed by atoms with Gasteiger partial charge in [0.25, 0.3) is 0 Å². The van der Waals surface area contributed by atoms with Crippen LogP contribution < -0.4 is 0 Å². The summed E-state index contributed by atoms with van der Waals surface area (Å²) in [5.41, 5.74) is 2.29. The Hall–Kier alpha value is -3.06. The number of rotatable bonds is 8. The second kappa shape index (κ2) is 9.43. The molecule has 0 saturated carbocycles. The topological polar surface area (TPSA) is 69.0 Å². The van der Waals surface area contributed by atoms with Crippen LogP contribution in [0.3, 0.4) is 0 Å². The van der Waals surface area contributed by atoms with Crippen molar-refractivity contribution in [3.8, 4) is 0 Å². The lowest BCUT2D eigenvalue weighted by Gasteiger charge is -2.27. The van der Waals surface area contributed by atoms with Crippen LogP contribution in [0.2, 0.25) is 0 Å². The first-order valence-electron chi connectivity index (χ1n) is 9.56. The van der Waals surface area contributed by atoms with Crippen LogP contribution >= 0.6 is 0 Å². The monoisotopic (exact) mass is 396 g/mol. The molecule has 29 heavy (non-hydrogen) atoms. The normalized spacial score (nSPS) is 17.3. The fourth-order valence-electron chi connectivity index (χ4n) is 3.61. The maximum atomic E-state index is 13.2. The van der Waals surface area contributed by atoms with E-state index in [0.29, 0.717) is 17.4 Å². The van der Waals surface area contributed by atoms with Gasteiger partial charge in [-0.05, 0) is 55.9 Å². The van der Waals surface area contributed by atoms with Gasteiger partial charge in [0.2, 0.25) is 0 Å². The zero-order valence-corrected chi connectivity index (χ0v) is 16.5. The molecule has 0 radical (unpaired) electrons. The fourth-order valence-corrected chi connectivity index (χ4v) is 3.61. The molecule has 7 heteroatoms. The molecule has 1 fully saturated rings. The van der Waals surface area contributed by atoms with E-state index in [1.807, 2.05) is 30.3 Å². The molecule has 1 saturated heterocycles. The quantitative estimate of drug-likeness (QED) is 0.690. The highest BCUT2D eigenvalue weighted by molar-refractivity contribution is 5.88. The van der Waals surface area contributed by atoms with E-state index in [0.717, 1.165) is 38.0 Å². The molecule has 0 unspecified atom stereocenters. The summed E-state index contributed by atoms with van der Waals surface area (Å²) in [5.74, 6) is -1.22. The van der Waals surface area contributed by atoms with Crippen LogP contribution in [0.1, 0.15) is 40.5 Å². The van der Waals surface area contributed by atoms with Crippen molar-refractivity contribution >= 4 is 18.4 Å². The standard InChI is InChI=1S/C22H25FN4O2/c1-24-20(19-14-17(22(28)29)9-10-25-19)15-26(2)12-13-27-11-3-4-21(27)16-5-7-18(23)8-6-16/h5-10,14-15,21H,1,3-4,11-13H2,2H3,(H,28,29)/b20-15-/t21-/m0/s1. The average Bonchev–Trinajstić information content (AvgIpc) is 3.19. The Morgan fingerprint density at radius 3 is 2.86 bits per heavy atom. The molecule has 1 aliphatic rings. The maximum absolute atomic E-state index is 13.2. The van der Waals surface area contributed by atoms with Crippen molar-refractivity contribution in [1.29, 1.82) is 0 Å².